The number of hydrogen-bond acceptors (Lipinski definition) is 3. The fourth-order valence-corrected chi connectivity index (χ4v) is 4.69. The second-order valence-corrected chi connectivity index (χ2v) is 8.27. The minimum Gasteiger partial charge on any atom is -0.394 e. The molecule has 0 aliphatic carbocycles. The normalized spacial score (nSPS) is 27.9. The Morgan fingerprint density at radius 1 is 1.21 bits per heavy atom. The number of alkyl halides is 2. The van der Waals surface area contributed by atoms with Gasteiger partial charge >= 0.3 is 0 Å². The van der Waals surface area contributed by atoms with E-state index in [-0.39, 0.29) is 37.3 Å². The Balaban J connectivity index is 1.61. The molecular formula is C22H32F2N2O2. The van der Waals surface area contributed by atoms with Gasteiger partial charge in [0.1, 0.15) is 0 Å². The first-order valence-corrected chi connectivity index (χ1v) is 10.5. The lowest BCUT2D eigenvalue weighted by Crippen LogP contribution is -2.46. The van der Waals surface area contributed by atoms with E-state index in [4.69, 9.17) is 0 Å². The van der Waals surface area contributed by atoms with Gasteiger partial charge in [-0.15, -0.1) is 0 Å². The smallest absolute Gasteiger partial charge is 0.250 e. The number of amides is 1. The number of halogens is 2. The first-order valence-electron chi connectivity index (χ1n) is 10.5. The van der Waals surface area contributed by atoms with Crippen LogP contribution in [0.15, 0.2) is 30.3 Å². The van der Waals surface area contributed by atoms with Crippen molar-refractivity contribution < 1.29 is 18.7 Å². The van der Waals surface area contributed by atoms with E-state index in [9.17, 15) is 18.7 Å². The predicted octanol–water partition coefficient (Wildman–Crippen LogP) is 3.20. The number of aliphatic hydroxyl groups excluding tert-OH is 1. The van der Waals surface area contributed by atoms with Crippen LogP contribution in [0.3, 0.4) is 0 Å². The number of piperidine rings is 1. The number of hydrogen-bond donors (Lipinski definition) is 1. The van der Waals surface area contributed by atoms with Crippen molar-refractivity contribution in [1.29, 1.82) is 0 Å². The molecular weight excluding hydrogens is 362 g/mol. The Morgan fingerprint density at radius 3 is 2.50 bits per heavy atom. The van der Waals surface area contributed by atoms with Crippen LogP contribution in [-0.2, 0) is 11.2 Å². The third-order valence-electron chi connectivity index (χ3n) is 6.49. The lowest BCUT2D eigenvalue weighted by Gasteiger charge is -2.36. The fraction of sp³-hybridized carbons (Fsp3) is 0.682. The summed E-state index contributed by atoms with van der Waals surface area (Å²) in [7, 11) is 0. The van der Waals surface area contributed by atoms with E-state index < -0.39 is 5.92 Å². The lowest BCUT2D eigenvalue weighted by molar-refractivity contribution is -0.133. The van der Waals surface area contributed by atoms with Gasteiger partial charge in [0.2, 0.25) is 5.91 Å². The number of rotatable bonds is 7. The van der Waals surface area contributed by atoms with E-state index >= 15 is 0 Å². The average Bonchev–Trinajstić information content (AvgIpc) is 3.06. The number of carbonyl (C=O) groups excluding carboxylic acids is 1. The van der Waals surface area contributed by atoms with Gasteiger partial charge in [0.25, 0.3) is 5.92 Å². The van der Waals surface area contributed by atoms with Crippen LogP contribution in [0.2, 0.25) is 0 Å². The van der Waals surface area contributed by atoms with Crippen molar-refractivity contribution in [2.75, 3.05) is 32.8 Å². The van der Waals surface area contributed by atoms with E-state index in [0.29, 0.717) is 44.9 Å². The Kier molecular flexibility index (Phi) is 7.05. The van der Waals surface area contributed by atoms with Crippen molar-refractivity contribution in [1.82, 2.24) is 9.80 Å². The van der Waals surface area contributed by atoms with Crippen LogP contribution in [0, 0.1) is 11.8 Å². The summed E-state index contributed by atoms with van der Waals surface area (Å²) in [6.45, 7) is 4.16. The Bertz CT molecular complexity index is 631. The summed E-state index contributed by atoms with van der Waals surface area (Å²) in [6, 6.07) is 9.72. The topological polar surface area (TPSA) is 43.8 Å². The highest BCUT2D eigenvalue weighted by Gasteiger charge is 2.44. The fourth-order valence-electron chi connectivity index (χ4n) is 4.69. The summed E-state index contributed by atoms with van der Waals surface area (Å²) >= 11 is 0. The van der Waals surface area contributed by atoms with Gasteiger partial charge < -0.3 is 14.9 Å². The molecule has 2 heterocycles. The Labute approximate surface area is 166 Å². The summed E-state index contributed by atoms with van der Waals surface area (Å²) < 4.78 is 26.9. The first-order chi connectivity index (χ1) is 13.4. The summed E-state index contributed by atoms with van der Waals surface area (Å²) in [5.41, 5.74) is 1.13. The van der Waals surface area contributed by atoms with Crippen LogP contribution in [0.4, 0.5) is 8.78 Å². The summed E-state index contributed by atoms with van der Waals surface area (Å²) in [5.74, 6) is -2.02. The molecule has 0 saturated carbocycles. The average molecular weight is 395 g/mol. The minimum absolute atomic E-state index is 0.0672. The standard InChI is InChI=1S/C22H32F2N2O2/c1-2-18-14-26(21(28)9-8-17-6-4-3-5-7-17)20(16-27)19(18)15-25-12-10-22(23,24)11-13-25/h3-7,18-20,27H,2,8-16H2,1H3/t18-,19-,20-/m1/s1. The molecule has 2 saturated heterocycles. The highest BCUT2D eigenvalue weighted by molar-refractivity contribution is 5.77. The van der Waals surface area contributed by atoms with Gasteiger partial charge in [-0.3, -0.25) is 4.79 Å². The van der Waals surface area contributed by atoms with Crippen LogP contribution in [0.5, 0.6) is 0 Å². The van der Waals surface area contributed by atoms with Crippen molar-refractivity contribution in [2.24, 2.45) is 11.8 Å². The zero-order valence-corrected chi connectivity index (χ0v) is 16.7. The third kappa shape index (κ3) is 5.09. The highest BCUT2D eigenvalue weighted by Crippen LogP contribution is 2.35. The molecule has 6 heteroatoms. The molecule has 1 aromatic rings. The number of aliphatic hydroxyl groups is 1. The maximum Gasteiger partial charge on any atom is 0.250 e. The van der Waals surface area contributed by atoms with Gasteiger partial charge in [0.05, 0.1) is 12.6 Å². The van der Waals surface area contributed by atoms with Crippen molar-refractivity contribution >= 4 is 5.91 Å². The molecule has 156 valence electrons. The van der Waals surface area contributed by atoms with Gasteiger partial charge in [-0.2, -0.15) is 0 Å². The van der Waals surface area contributed by atoms with Crippen molar-refractivity contribution in [3.05, 3.63) is 35.9 Å². The lowest BCUT2D eigenvalue weighted by atomic mass is 9.87. The molecule has 1 amide bonds. The number of aryl methyl sites for hydroxylation is 1. The number of likely N-dealkylation sites (tertiary alicyclic amines) is 2. The SMILES string of the molecule is CC[C@@H]1CN(C(=O)CCc2ccccc2)[C@H](CO)[C@@H]1CN1CCC(F)(F)CC1. The van der Waals surface area contributed by atoms with Crippen LogP contribution < -0.4 is 0 Å². The summed E-state index contributed by atoms with van der Waals surface area (Å²) in [6.07, 6.45) is 1.85. The molecule has 3 atom stereocenters. The maximum atomic E-state index is 13.5. The molecule has 0 bridgehead atoms. The summed E-state index contributed by atoms with van der Waals surface area (Å²) in [4.78, 5) is 16.8. The van der Waals surface area contributed by atoms with Crippen molar-refractivity contribution in [3.8, 4) is 0 Å². The zero-order chi connectivity index (χ0) is 20.1. The Hall–Kier alpha value is -1.53. The van der Waals surface area contributed by atoms with E-state index in [1.165, 1.54) is 0 Å². The second-order valence-electron chi connectivity index (χ2n) is 8.27. The van der Waals surface area contributed by atoms with Crippen LogP contribution >= 0.6 is 0 Å². The molecule has 0 radical (unpaired) electrons. The van der Waals surface area contributed by atoms with Crippen LogP contribution in [0.1, 0.15) is 38.2 Å². The zero-order valence-electron chi connectivity index (χ0n) is 16.7. The Morgan fingerprint density at radius 2 is 1.89 bits per heavy atom. The maximum absolute atomic E-state index is 13.5. The molecule has 28 heavy (non-hydrogen) atoms. The van der Waals surface area contributed by atoms with Gasteiger partial charge in [-0.1, -0.05) is 43.7 Å². The molecule has 2 aliphatic rings. The molecule has 1 N–H and O–H groups in total. The number of nitrogens with zero attached hydrogens (tertiary/aromatic N) is 2. The van der Waals surface area contributed by atoms with E-state index in [1.807, 2.05) is 35.2 Å². The minimum atomic E-state index is -2.55. The van der Waals surface area contributed by atoms with Crippen LogP contribution in [0.25, 0.3) is 0 Å². The molecule has 2 aliphatic heterocycles. The molecule has 4 nitrogen and oxygen atoms in total. The largest absolute Gasteiger partial charge is 0.394 e. The molecule has 0 spiro atoms. The second kappa shape index (κ2) is 9.31. The molecule has 0 aromatic heterocycles. The molecule has 3 rings (SSSR count). The van der Waals surface area contributed by atoms with Gasteiger partial charge in [-0.05, 0) is 23.8 Å². The summed E-state index contributed by atoms with van der Waals surface area (Å²) in [5, 5.41) is 10.0. The van der Waals surface area contributed by atoms with E-state index in [0.717, 1.165) is 12.0 Å². The molecule has 1 aromatic carbocycles. The third-order valence-corrected chi connectivity index (χ3v) is 6.49. The first kappa shape index (κ1) is 21.2. The van der Waals surface area contributed by atoms with Crippen LogP contribution in [-0.4, -0.2) is 65.6 Å². The van der Waals surface area contributed by atoms with E-state index in [1.54, 1.807) is 0 Å². The highest BCUT2D eigenvalue weighted by atomic mass is 19.3. The van der Waals surface area contributed by atoms with Crippen molar-refractivity contribution in [2.45, 2.75) is 51.0 Å². The van der Waals surface area contributed by atoms with Crippen molar-refractivity contribution in [3.63, 3.8) is 0 Å². The number of benzene rings is 1. The van der Waals surface area contributed by atoms with Gasteiger partial charge in [0.15, 0.2) is 0 Å². The molecule has 0 unspecified atom stereocenters. The quantitative estimate of drug-likeness (QED) is 0.772. The van der Waals surface area contributed by atoms with E-state index in [2.05, 4.69) is 11.8 Å². The van der Waals surface area contributed by atoms with Gasteiger partial charge in [0, 0.05) is 45.4 Å². The number of carbonyl (C=O) groups is 1. The molecule has 2 fully saturated rings. The predicted molar refractivity (Wildman–Crippen MR) is 105 cm³/mol. The van der Waals surface area contributed by atoms with Gasteiger partial charge in [-0.25, -0.2) is 8.78 Å². The monoisotopic (exact) mass is 394 g/mol.